The second kappa shape index (κ2) is 5.98. The number of hydrogen-bond acceptors (Lipinski definition) is 4. The van der Waals surface area contributed by atoms with Gasteiger partial charge in [-0.25, -0.2) is 0 Å². The predicted molar refractivity (Wildman–Crippen MR) is 52.8 cm³/mol. The molecule has 0 heterocycles. The van der Waals surface area contributed by atoms with Gasteiger partial charge in [-0.1, -0.05) is 20.8 Å². The number of carbonyl (C=O) groups is 1. The molecule has 0 amide bonds. The second-order valence-electron chi connectivity index (χ2n) is 4.17. The lowest BCUT2D eigenvalue weighted by molar-refractivity contribution is -0.204. The largest absolute Gasteiger partial charge is 0.435 e. The van der Waals surface area contributed by atoms with Crippen molar-refractivity contribution in [2.45, 2.75) is 34.0 Å². The van der Waals surface area contributed by atoms with Crippen molar-refractivity contribution >= 4 is 5.97 Å². The maximum Gasteiger partial charge on any atom is 0.304 e. The Morgan fingerprint density at radius 3 is 2.21 bits per heavy atom. The molecule has 0 aliphatic carbocycles. The molecule has 14 heavy (non-hydrogen) atoms. The summed E-state index contributed by atoms with van der Waals surface area (Å²) in [5.41, 5.74) is -0.223. The van der Waals surface area contributed by atoms with Crippen molar-refractivity contribution in [1.29, 1.82) is 0 Å². The Bertz CT molecular complexity index is 171. The second-order valence-corrected chi connectivity index (χ2v) is 4.17. The van der Waals surface area contributed by atoms with E-state index < -0.39 is 6.29 Å². The van der Waals surface area contributed by atoms with E-state index in [2.05, 4.69) is 0 Å². The summed E-state index contributed by atoms with van der Waals surface area (Å²) >= 11 is 0. The van der Waals surface area contributed by atoms with Crippen LogP contribution < -0.4 is 0 Å². The van der Waals surface area contributed by atoms with Crippen LogP contribution in [0.25, 0.3) is 0 Å². The highest BCUT2D eigenvalue weighted by Crippen LogP contribution is 2.23. The number of rotatable bonds is 5. The predicted octanol–water partition coefficient (Wildman–Crippen LogP) is 1.58. The van der Waals surface area contributed by atoms with Gasteiger partial charge in [0.15, 0.2) is 0 Å². The first-order chi connectivity index (χ1) is 6.38. The number of carbonyl (C=O) groups excluding carboxylic acids is 1. The molecule has 0 radical (unpaired) electrons. The molecule has 0 fully saturated rings. The highest BCUT2D eigenvalue weighted by atomic mass is 16.7. The summed E-state index contributed by atoms with van der Waals surface area (Å²) in [6, 6.07) is 0. The molecule has 4 heteroatoms. The molecule has 0 rings (SSSR count). The zero-order valence-corrected chi connectivity index (χ0v) is 9.62. The summed E-state index contributed by atoms with van der Waals surface area (Å²) in [5.74, 6) is -0.331. The molecule has 84 valence electrons. The minimum absolute atomic E-state index is 0.223. The van der Waals surface area contributed by atoms with Crippen molar-refractivity contribution < 1.29 is 19.0 Å². The Morgan fingerprint density at radius 2 is 1.86 bits per heavy atom. The van der Waals surface area contributed by atoms with E-state index in [0.29, 0.717) is 13.2 Å². The molecule has 1 atom stereocenters. The van der Waals surface area contributed by atoms with Crippen LogP contribution in [0.1, 0.15) is 27.7 Å². The molecule has 0 aromatic heterocycles. The zero-order chi connectivity index (χ0) is 11.2. The SMILES string of the molecule is COCCOC(OC(C)=O)C(C)(C)C. The van der Waals surface area contributed by atoms with Gasteiger partial charge in [-0.2, -0.15) is 0 Å². The first-order valence-corrected chi connectivity index (χ1v) is 4.65. The third kappa shape index (κ3) is 5.94. The van der Waals surface area contributed by atoms with E-state index >= 15 is 0 Å². The van der Waals surface area contributed by atoms with E-state index in [9.17, 15) is 4.79 Å². The molecule has 0 bridgehead atoms. The fraction of sp³-hybridized carbons (Fsp3) is 0.900. The molecule has 0 aromatic rings. The lowest BCUT2D eigenvalue weighted by atomic mass is 9.96. The Labute approximate surface area is 85.5 Å². The van der Waals surface area contributed by atoms with Gasteiger partial charge < -0.3 is 14.2 Å². The maximum absolute atomic E-state index is 10.8. The number of esters is 1. The van der Waals surface area contributed by atoms with E-state index in [4.69, 9.17) is 14.2 Å². The molecule has 4 nitrogen and oxygen atoms in total. The molecule has 0 aliphatic heterocycles. The van der Waals surface area contributed by atoms with Crippen molar-refractivity contribution in [3.8, 4) is 0 Å². The quantitative estimate of drug-likeness (QED) is 0.387. The Kier molecular flexibility index (Phi) is 5.72. The molecule has 0 spiro atoms. The summed E-state index contributed by atoms with van der Waals surface area (Å²) in [7, 11) is 1.60. The Balaban J connectivity index is 4.05. The summed E-state index contributed by atoms with van der Waals surface area (Å²) in [4.78, 5) is 10.8. The van der Waals surface area contributed by atoms with Crippen molar-refractivity contribution in [3.63, 3.8) is 0 Å². The van der Waals surface area contributed by atoms with Gasteiger partial charge in [0.2, 0.25) is 6.29 Å². The molecule has 0 aromatic carbocycles. The zero-order valence-electron chi connectivity index (χ0n) is 9.62. The smallest absolute Gasteiger partial charge is 0.304 e. The van der Waals surface area contributed by atoms with Crippen LogP contribution in [0.2, 0.25) is 0 Å². The monoisotopic (exact) mass is 204 g/mol. The average Bonchev–Trinajstić information content (AvgIpc) is 2.00. The highest BCUT2D eigenvalue weighted by molar-refractivity contribution is 5.66. The molecule has 0 N–H and O–H groups in total. The van der Waals surface area contributed by atoms with Gasteiger partial charge in [-0.05, 0) is 0 Å². The van der Waals surface area contributed by atoms with Gasteiger partial charge in [-0.15, -0.1) is 0 Å². The molecule has 0 saturated heterocycles. The van der Waals surface area contributed by atoms with Gasteiger partial charge in [0.1, 0.15) is 0 Å². The van der Waals surface area contributed by atoms with Gasteiger partial charge in [0, 0.05) is 19.4 Å². The van der Waals surface area contributed by atoms with E-state index in [1.54, 1.807) is 7.11 Å². The van der Waals surface area contributed by atoms with E-state index in [1.165, 1.54) is 6.92 Å². The molecular formula is C10H20O4. The van der Waals surface area contributed by atoms with Crippen LogP contribution in [0.5, 0.6) is 0 Å². The minimum Gasteiger partial charge on any atom is -0.435 e. The summed E-state index contributed by atoms with van der Waals surface area (Å²) < 4.78 is 15.3. The van der Waals surface area contributed by atoms with Crippen LogP contribution in [-0.2, 0) is 19.0 Å². The fourth-order valence-electron chi connectivity index (χ4n) is 0.850. The topological polar surface area (TPSA) is 44.8 Å². The van der Waals surface area contributed by atoms with Crippen molar-refractivity contribution in [3.05, 3.63) is 0 Å². The van der Waals surface area contributed by atoms with Crippen molar-refractivity contribution in [2.24, 2.45) is 5.41 Å². The van der Waals surface area contributed by atoms with Gasteiger partial charge in [0.05, 0.1) is 13.2 Å². The summed E-state index contributed by atoms with van der Waals surface area (Å²) in [6.07, 6.45) is -0.518. The maximum atomic E-state index is 10.8. The van der Waals surface area contributed by atoms with E-state index in [1.807, 2.05) is 20.8 Å². The Morgan fingerprint density at radius 1 is 1.29 bits per heavy atom. The minimum atomic E-state index is -0.518. The van der Waals surface area contributed by atoms with Crippen LogP contribution in [-0.4, -0.2) is 32.6 Å². The van der Waals surface area contributed by atoms with E-state index in [-0.39, 0.29) is 11.4 Å². The van der Waals surface area contributed by atoms with Gasteiger partial charge >= 0.3 is 5.97 Å². The van der Waals surface area contributed by atoms with Crippen LogP contribution in [0.4, 0.5) is 0 Å². The third-order valence-corrected chi connectivity index (χ3v) is 1.54. The van der Waals surface area contributed by atoms with Crippen molar-refractivity contribution in [1.82, 2.24) is 0 Å². The summed E-state index contributed by atoms with van der Waals surface area (Å²) in [5, 5.41) is 0. The van der Waals surface area contributed by atoms with Crippen LogP contribution >= 0.6 is 0 Å². The molecule has 1 unspecified atom stereocenters. The lowest BCUT2D eigenvalue weighted by Gasteiger charge is -2.29. The average molecular weight is 204 g/mol. The first kappa shape index (κ1) is 13.4. The Hall–Kier alpha value is -0.610. The van der Waals surface area contributed by atoms with Gasteiger partial charge in [0.25, 0.3) is 0 Å². The molecule has 0 saturated carbocycles. The molecular weight excluding hydrogens is 184 g/mol. The van der Waals surface area contributed by atoms with Crippen LogP contribution in [0.3, 0.4) is 0 Å². The fourth-order valence-corrected chi connectivity index (χ4v) is 0.850. The van der Waals surface area contributed by atoms with E-state index in [0.717, 1.165) is 0 Å². The highest BCUT2D eigenvalue weighted by Gasteiger charge is 2.28. The number of hydrogen-bond donors (Lipinski definition) is 0. The first-order valence-electron chi connectivity index (χ1n) is 4.65. The number of ether oxygens (including phenoxy) is 3. The van der Waals surface area contributed by atoms with Crippen LogP contribution in [0.15, 0.2) is 0 Å². The van der Waals surface area contributed by atoms with Gasteiger partial charge in [-0.3, -0.25) is 4.79 Å². The lowest BCUT2D eigenvalue weighted by Crippen LogP contribution is -2.34. The number of methoxy groups -OCH3 is 1. The van der Waals surface area contributed by atoms with Crippen molar-refractivity contribution in [2.75, 3.05) is 20.3 Å². The van der Waals surface area contributed by atoms with Crippen LogP contribution in [0, 0.1) is 5.41 Å². The standard InChI is InChI=1S/C10H20O4/c1-8(11)14-9(10(2,3)4)13-7-6-12-5/h9H,6-7H2,1-5H3. The summed E-state index contributed by atoms with van der Waals surface area (Å²) in [6.45, 7) is 8.15. The third-order valence-electron chi connectivity index (χ3n) is 1.54. The molecule has 0 aliphatic rings. The normalized spacial score (nSPS) is 13.8.